The third-order valence-electron chi connectivity index (χ3n) is 4.85. The fraction of sp³-hybridized carbons (Fsp3) is 0.476. The Morgan fingerprint density at radius 1 is 0.658 bits per heavy atom. The summed E-state index contributed by atoms with van der Waals surface area (Å²) in [7, 11) is 0. The Bertz CT molecular complexity index is 877. The van der Waals surface area contributed by atoms with Gasteiger partial charge in [-0.25, -0.2) is 0 Å². The Balaban J connectivity index is -0.00000408. The number of carboxylic acid groups (broad SMARTS) is 5. The van der Waals surface area contributed by atoms with Gasteiger partial charge in [-0.3, -0.25) is 14.7 Å². The standard InChI is InChI=1S/C21H29N3O11.Gd.2Na/c25-16-3-1-14(2-4-16)7-15(24(12-20(32)33)13-21(34)35)8-22(9-17(26)27)5-6-23(10-18(28)29)11-19(30)31;;;/h1-4,15,25H,5-13H2,(H,26,27)(H,28,29)(H,30,31)(H,32,33)(H,34,35);;;/q;+3;2*+1/p-5/t15-;;;/m0.../s1. The van der Waals surface area contributed by atoms with Crippen molar-refractivity contribution in [3.05, 3.63) is 29.8 Å². The van der Waals surface area contributed by atoms with Crippen LogP contribution in [0.5, 0.6) is 5.75 Å². The van der Waals surface area contributed by atoms with Gasteiger partial charge in [0.05, 0.1) is 29.8 Å². The number of carbonyl (C=O) groups excluding carboxylic acids is 5. The molecule has 0 aliphatic rings. The third kappa shape index (κ3) is 19.6. The van der Waals surface area contributed by atoms with Crippen LogP contribution in [0.25, 0.3) is 0 Å². The Labute approximate surface area is 295 Å². The molecule has 0 bridgehead atoms. The van der Waals surface area contributed by atoms with Crippen molar-refractivity contribution in [2.75, 3.05) is 52.4 Å². The molecule has 0 aromatic heterocycles. The number of nitrogens with zero attached hydrogens (tertiary/aromatic N) is 3. The molecule has 0 unspecified atom stereocenters. The molecule has 14 nitrogen and oxygen atoms in total. The van der Waals surface area contributed by atoms with E-state index in [4.69, 9.17) is 0 Å². The third-order valence-corrected chi connectivity index (χ3v) is 4.85. The van der Waals surface area contributed by atoms with E-state index in [9.17, 15) is 54.6 Å². The van der Waals surface area contributed by atoms with Crippen LogP contribution in [0.1, 0.15) is 5.56 Å². The quantitative estimate of drug-likeness (QED) is 0.141. The van der Waals surface area contributed by atoms with E-state index < -0.39 is 68.6 Å². The van der Waals surface area contributed by atoms with Gasteiger partial charge < -0.3 is 54.6 Å². The van der Waals surface area contributed by atoms with Gasteiger partial charge in [-0.2, -0.15) is 0 Å². The van der Waals surface area contributed by atoms with Crippen LogP contribution in [0.15, 0.2) is 24.3 Å². The van der Waals surface area contributed by atoms with Gasteiger partial charge in [0.25, 0.3) is 0 Å². The van der Waals surface area contributed by atoms with Crippen LogP contribution in [0.2, 0.25) is 0 Å². The number of carbonyl (C=O) groups is 5. The molecule has 1 aromatic carbocycles. The average Bonchev–Trinajstić information content (AvgIpc) is 2.70. The maximum Gasteiger partial charge on any atom is 3.00 e. The predicted molar refractivity (Wildman–Crippen MR) is 105 cm³/mol. The molecule has 1 rings (SSSR count). The van der Waals surface area contributed by atoms with E-state index >= 15 is 0 Å². The number of hydrogen-bond donors (Lipinski definition) is 1. The predicted octanol–water partition coefficient (Wildman–Crippen LogP) is -14.0. The molecule has 38 heavy (non-hydrogen) atoms. The molecule has 0 saturated heterocycles. The van der Waals surface area contributed by atoms with Crippen molar-refractivity contribution < 1.29 is 154 Å². The molecule has 199 valence electrons. The molecular weight excluding hydrogens is 673 g/mol. The average molecular weight is 698 g/mol. The van der Waals surface area contributed by atoms with Crippen molar-refractivity contribution in [1.82, 2.24) is 14.7 Å². The zero-order chi connectivity index (χ0) is 26.5. The van der Waals surface area contributed by atoms with Gasteiger partial charge in [0.2, 0.25) is 0 Å². The Morgan fingerprint density at radius 2 is 1.03 bits per heavy atom. The van der Waals surface area contributed by atoms with E-state index in [1.54, 1.807) is 0 Å². The molecule has 0 aliphatic heterocycles. The first-order valence-corrected chi connectivity index (χ1v) is 10.3. The second kappa shape index (κ2) is 22.3. The largest absolute Gasteiger partial charge is 3.00 e. The van der Waals surface area contributed by atoms with Crippen molar-refractivity contribution in [3.8, 4) is 5.75 Å². The maximum absolute atomic E-state index is 11.3. The first-order valence-electron chi connectivity index (χ1n) is 10.3. The van der Waals surface area contributed by atoms with Gasteiger partial charge in [-0.05, 0) is 24.1 Å². The minimum Gasteiger partial charge on any atom is -0.549 e. The SMILES string of the molecule is O=C([O-])CN(CCN(CC(=O)[O-])C[C@H](Cc1ccc(O)cc1)N(CC(=O)[O-])CC(=O)[O-])CC(=O)[O-].[Gd+3].[Na+].[Na+]. The Morgan fingerprint density at radius 3 is 1.42 bits per heavy atom. The molecule has 1 aromatic rings. The first kappa shape index (κ1) is 42.0. The van der Waals surface area contributed by atoms with Crippen molar-refractivity contribution in [3.63, 3.8) is 0 Å². The molecule has 0 spiro atoms. The zero-order valence-electron chi connectivity index (χ0n) is 21.0. The van der Waals surface area contributed by atoms with E-state index in [0.29, 0.717) is 5.56 Å². The number of benzene rings is 1. The van der Waals surface area contributed by atoms with Gasteiger partial charge in [-0.15, -0.1) is 0 Å². The van der Waals surface area contributed by atoms with Crippen molar-refractivity contribution in [2.45, 2.75) is 12.5 Å². The van der Waals surface area contributed by atoms with E-state index in [1.807, 2.05) is 0 Å². The smallest absolute Gasteiger partial charge is 0.549 e. The van der Waals surface area contributed by atoms with Gasteiger partial charge in [0, 0.05) is 58.4 Å². The molecule has 0 heterocycles. The second-order valence-corrected chi connectivity index (χ2v) is 7.74. The van der Waals surface area contributed by atoms with Crippen LogP contribution in [0.4, 0.5) is 0 Å². The monoisotopic (exact) mass is 698 g/mol. The van der Waals surface area contributed by atoms with Crippen LogP contribution < -0.4 is 84.6 Å². The molecule has 17 heteroatoms. The van der Waals surface area contributed by atoms with Crippen LogP contribution in [0, 0.1) is 39.9 Å². The zero-order valence-corrected chi connectivity index (χ0v) is 27.2. The number of phenols is 1. The number of carboxylic acids is 5. The maximum atomic E-state index is 11.3. The molecule has 0 fully saturated rings. The minimum atomic E-state index is -1.59. The molecular formula is C21H24GdN3Na2O11. The van der Waals surface area contributed by atoms with Gasteiger partial charge in [0.1, 0.15) is 5.75 Å². The summed E-state index contributed by atoms with van der Waals surface area (Å²) in [5.41, 5.74) is 0.554. The van der Waals surface area contributed by atoms with Crippen LogP contribution in [-0.2, 0) is 30.4 Å². The molecule has 1 radical (unpaired) electrons. The topological polar surface area (TPSA) is 231 Å². The summed E-state index contributed by atoms with van der Waals surface area (Å²) in [6.45, 7) is -4.58. The van der Waals surface area contributed by atoms with Gasteiger partial charge in [0.15, 0.2) is 0 Å². The van der Waals surface area contributed by atoms with Crippen molar-refractivity contribution in [1.29, 1.82) is 0 Å². The van der Waals surface area contributed by atoms with Crippen molar-refractivity contribution in [2.24, 2.45) is 0 Å². The van der Waals surface area contributed by atoms with E-state index in [0.717, 1.165) is 9.80 Å². The summed E-state index contributed by atoms with van der Waals surface area (Å²) < 4.78 is 0. The van der Waals surface area contributed by atoms with E-state index in [1.165, 1.54) is 29.2 Å². The minimum absolute atomic E-state index is 0. The summed E-state index contributed by atoms with van der Waals surface area (Å²) in [4.78, 5) is 58.7. The second-order valence-electron chi connectivity index (χ2n) is 7.74. The van der Waals surface area contributed by atoms with Gasteiger partial charge in [-0.1, -0.05) is 12.1 Å². The summed E-state index contributed by atoms with van der Waals surface area (Å²) in [5, 5.41) is 65.0. The Hall–Kier alpha value is -0.425. The summed E-state index contributed by atoms with van der Waals surface area (Å²) in [6.07, 6.45) is 0.0200. The normalized spacial score (nSPS) is 11.1. The number of hydrogen-bond acceptors (Lipinski definition) is 14. The Kier molecular flexibility index (Phi) is 24.7. The van der Waals surface area contributed by atoms with Crippen LogP contribution >= 0.6 is 0 Å². The van der Waals surface area contributed by atoms with Crippen molar-refractivity contribution >= 4 is 29.8 Å². The fourth-order valence-electron chi connectivity index (χ4n) is 3.44. The molecule has 0 amide bonds. The van der Waals surface area contributed by atoms with E-state index in [2.05, 4.69) is 0 Å². The number of rotatable bonds is 18. The van der Waals surface area contributed by atoms with Crippen LogP contribution in [-0.4, -0.2) is 108 Å². The van der Waals surface area contributed by atoms with E-state index in [-0.39, 0.29) is 131 Å². The summed E-state index contributed by atoms with van der Waals surface area (Å²) in [5.74, 6) is -7.92. The molecule has 0 aliphatic carbocycles. The number of aliphatic carboxylic acids is 5. The first-order chi connectivity index (χ1) is 16.3. The summed E-state index contributed by atoms with van der Waals surface area (Å²) in [6, 6.07) is 4.78. The number of aromatic hydroxyl groups is 1. The van der Waals surface area contributed by atoms with Gasteiger partial charge >= 0.3 is 99.1 Å². The van der Waals surface area contributed by atoms with Crippen LogP contribution in [0.3, 0.4) is 0 Å². The number of phenolic OH excluding ortho intramolecular Hbond substituents is 1. The summed E-state index contributed by atoms with van der Waals surface area (Å²) >= 11 is 0. The molecule has 1 atom stereocenters. The molecule has 0 saturated carbocycles. The fourth-order valence-corrected chi connectivity index (χ4v) is 3.44. The molecule has 1 N–H and O–H groups in total.